The number of carbonyl (C=O) groups excluding carboxylic acids is 1. The van der Waals surface area contributed by atoms with Crippen LogP contribution in [-0.4, -0.2) is 34.6 Å². The Morgan fingerprint density at radius 2 is 1.60 bits per heavy atom. The fourth-order valence-electron chi connectivity index (χ4n) is 3.97. The molecule has 1 aliphatic heterocycles. The van der Waals surface area contributed by atoms with Gasteiger partial charge in [-0.2, -0.15) is 0 Å². The normalized spacial score (nSPS) is 16.1. The Morgan fingerprint density at radius 3 is 2.17 bits per heavy atom. The quantitative estimate of drug-likeness (QED) is 0.656. The van der Waals surface area contributed by atoms with Gasteiger partial charge in [0.2, 0.25) is 5.91 Å². The van der Waals surface area contributed by atoms with Gasteiger partial charge in [0.15, 0.2) is 0 Å². The molecule has 4 rings (SSSR count). The lowest BCUT2D eigenvalue weighted by Crippen LogP contribution is -2.35. The number of ether oxygens (including phenoxy) is 1. The number of pyridine rings is 1. The summed E-state index contributed by atoms with van der Waals surface area (Å²) < 4.78 is 7.64. The van der Waals surface area contributed by atoms with E-state index < -0.39 is 0 Å². The standard InChI is InChI=1S/C25H26N2O3/c1-18-15-22(16-23(28)26(18)2)30-21-13-14-27(17-21)25(29)24(19-9-5-3-6-10-19)20-11-7-4-8-12-20/h3-12,15-16,21,24H,13-14,17H2,1-2H3. The van der Waals surface area contributed by atoms with Crippen molar-refractivity contribution in [3.63, 3.8) is 0 Å². The molecule has 0 aliphatic carbocycles. The first kappa shape index (κ1) is 20.0. The number of nitrogens with zero attached hydrogens (tertiary/aromatic N) is 2. The molecule has 1 atom stereocenters. The van der Waals surface area contributed by atoms with E-state index in [2.05, 4.69) is 0 Å². The van der Waals surface area contributed by atoms with Crippen LogP contribution in [0, 0.1) is 6.92 Å². The monoisotopic (exact) mass is 402 g/mol. The second kappa shape index (κ2) is 8.57. The highest BCUT2D eigenvalue weighted by Crippen LogP contribution is 2.29. The molecule has 1 saturated heterocycles. The molecule has 0 bridgehead atoms. The molecular formula is C25H26N2O3. The van der Waals surface area contributed by atoms with Gasteiger partial charge in [-0.3, -0.25) is 9.59 Å². The summed E-state index contributed by atoms with van der Waals surface area (Å²) in [5.41, 5.74) is 2.72. The molecule has 5 heteroatoms. The number of amides is 1. The molecule has 0 saturated carbocycles. The molecule has 3 aromatic rings. The molecule has 2 heterocycles. The molecule has 0 N–H and O–H groups in total. The Labute approximate surface area is 176 Å². The average molecular weight is 402 g/mol. The average Bonchev–Trinajstić information content (AvgIpc) is 3.22. The van der Waals surface area contributed by atoms with E-state index in [1.807, 2.05) is 78.6 Å². The lowest BCUT2D eigenvalue weighted by atomic mass is 9.90. The van der Waals surface area contributed by atoms with Crippen LogP contribution in [0.25, 0.3) is 0 Å². The maximum absolute atomic E-state index is 13.5. The Balaban J connectivity index is 1.52. The van der Waals surface area contributed by atoms with E-state index in [0.717, 1.165) is 23.2 Å². The largest absolute Gasteiger partial charge is 0.488 e. The summed E-state index contributed by atoms with van der Waals surface area (Å²) in [6.45, 7) is 3.04. The Kier molecular flexibility index (Phi) is 5.70. The van der Waals surface area contributed by atoms with Crippen LogP contribution in [0.2, 0.25) is 0 Å². The van der Waals surface area contributed by atoms with Crippen molar-refractivity contribution >= 4 is 5.91 Å². The number of aromatic nitrogens is 1. The first-order valence-electron chi connectivity index (χ1n) is 10.3. The van der Waals surface area contributed by atoms with Gasteiger partial charge >= 0.3 is 0 Å². The van der Waals surface area contributed by atoms with Gasteiger partial charge in [0, 0.05) is 31.8 Å². The summed E-state index contributed by atoms with van der Waals surface area (Å²) in [5.74, 6) is 0.314. The van der Waals surface area contributed by atoms with Gasteiger partial charge in [-0.15, -0.1) is 0 Å². The minimum Gasteiger partial charge on any atom is -0.488 e. The molecular weight excluding hydrogens is 376 g/mol. The van der Waals surface area contributed by atoms with Crippen LogP contribution in [0.4, 0.5) is 0 Å². The number of benzene rings is 2. The first-order chi connectivity index (χ1) is 14.5. The zero-order valence-corrected chi connectivity index (χ0v) is 17.3. The highest BCUT2D eigenvalue weighted by Gasteiger charge is 2.33. The molecule has 1 unspecified atom stereocenters. The predicted octanol–water partition coefficient (Wildman–Crippen LogP) is 3.51. The molecule has 1 fully saturated rings. The van der Waals surface area contributed by atoms with Crippen LogP contribution in [0.5, 0.6) is 5.75 Å². The Hall–Kier alpha value is -3.34. The van der Waals surface area contributed by atoms with E-state index in [4.69, 9.17) is 4.74 Å². The van der Waals surface area contributed by atoms with Crippen LogP contribution in [-0.2, 0) is 11.8 Å². The van der Waals surface area contributed by atoms with Crippen LogP contribution >= 0.6 is 0 Å². The minimum absolute atomic E-state index is 0.0821. The van der Waals surface area contributed by atoms with Crippen LogP contribution in [0.3, 0.4) is 0 Å². The summed E-state index contributed by atoms with van der Waals surface area (Å²) >= 11 is 0. The SMILES string of the molecule is Cc1cc(OC2CCN(C(=O)C(c3ccccc3)c3ccccc3)C2)cc(=O)n1C. The van der Waals surface area contributed by atoms with Gasteiger partial charge in [0.05, 0.1) is 12.5 Å². The van der Waals surface area contributed by atoms with Gasteiger partial charge in [-0.25, -0.2) is 0 Å². The zero-order chi connectivity index (χ0) is 21.1. The van der Waals surface area contributed by atoms with E-state index in [9.17, 15) is 9.59 Å². The maximum Gasteiger partial charge on any atom is 0.254 e. The molecule has 5 nitrogen and oxygen atoms in total. The smallest absolute Gasteiger partial charge is 0.254 e. The first-order valence-corrected chi connectivity index (χ1v) is 10.3. The fraction of sp³-hybridized carbons (Fsp3) is 0.280. The second-order valence-corrected chi connectivity index (χ2v) is 7.80. The number of hydrogen-bond donors (Lipinski definition) is 0. The molecule has 1 aromatic heterocycles. The van der Waals surface area contributed by atoms with Crippen molar-refractivity contribution < 1.29 is 9.53 Å². The highest BCUT2D eigenvalue weighted by atomic mass is 16.5. The summed E-state index contributed by atoms with van der Waals surface area (Å²) in [4.78, 5) is 27.4. The predicted molar refractivity (Wildman–Crippen MR) is 117 cm³/mol. The van der Waals surface area contributed by atoms with Crippen molar-refractivity contribution in [3.8, 4) is 5.75 Å². The summed E-state index contributed by atoms with van der Waals surface area (Å²) in [7, 11) is 1.74. The van der Waals surface area contributed by atoms with Crippen molar-refractivity contribution in [2.24, 2.45) is 7.05 Å². The third-order valence-corrected chi connectivity index (χ3v) is 5.75. The van der Waals surface area contributed by atoms with Crippen LogP contribution in [0.1, 0.15) is 29.2 Å². The van der Waals surface area contributed by atoms with Crippen molar-refractivity contribution in [1.29, 1.82) is 0 Å². The third-order valence-electron chi connectivity index (χ3n) is 5.75. The van der Waals surface area contributed by atoms with Gasteiger partial charge in [0.25, 0.3) is 5.56 Å². The van der Waals surface area contributed by atoms with Crippen molar-refractivity contribution in [2.75, 3.05) is 13.1 Å². The van der Waals surface area contributed by atoms with Crippen molar-refractivity contribution in [3.05, 3.63) is 100.0 Å². The molecule has 154 valence electrons. The fourth-order valence-corrected chi connectivity index (χ4v) is 3.97. The van der Waals surface area contributed by atoms with Gasteiger partial charge < -0.3 is 14.2 Å². The molecule has 2 aromatic carbocycles. The number of hydrogen-bond acceptors (Lipinski definition) is 3. The van der Waals surface area contributed by atoms with Gasteiger partial charge in [0.1, 0.15) is 11.9 Å². The molecule has 0 radical (unpaired) electrons. The summed E-state index contributed by atoms with van der Waals surface area (Å²) in [6.07, 6.45) is 0.628. The van der Waals surface area contributed by atoms with E-state index in [1.54, 1.807) is 11.6 Å². The van der Waals surface area contributed by atoms with Crippen molar-refractivity contribution in [2.45, 2.75) is 25.4 Å². The number of aryl methyl sites for hydroxylation is 1. The number of likely N-dealkylation sites (tertiary alicyclic amines) is 1. The lowest BCUT2D eigenvalue weighted by Gasteiger charge is -2.24. The third kappa shape index (κ3) is 4.15. The van der Waals surface area contributed by atoms with Gasteiger partial charge in [-0.05, 0) is 24.1 Å². The molecule has 1 aliphatic rings. The molecule has 0 spiro atoms. The molecule has 1 amide bonds. The van der Waals surface area contributed by atoms with Crippen molar-refractivity contribution in [1.82, 2.24) is 9.47 Å². The zero-order valence-electron chi connectivity index (χ0n) is 17.3. The van der Waals surface area contributed by atoms with E-state index in [1.165, 1.54) is 6.07 Å². The van der Waals surface area contributed by atoms with E-state index >= 15 is 0 Å². The number of carbonyl (C=O) groups is 1. The summed E-state index contributed by atoms with van der Waals surface area (Å²) in [6, 6.07) is 23.2. The van der Waals surface area contributed by atoms with E-state index in [-0.39, 0.29) is 23.5 Å². The molecule has 30 heavy (non-hydrogen) atoms. The topological polar surface area (TPSA) is 51.5 Å². The van der Waals surface area contributed by atoms with E-state index in [0.29, 0.717) is 18.8 Å². The summed E-state index contributed by atoms with van der Waals surface area (Å²) in [5, 5.41) is 0. The maximum atomic E-state index is 13.5. The van der Waals surface area contributed by atoms with Crippen LogP contribution in [0.15, 0.2) is 77.6 Å². The lowest BCUT2D eigenvalue weighted by molar-refractivity contribution is -0.131. The minimum atomic E-state index is -0.336. The van der Waals surface area contributed by atoms with Crippen LogP contribution < -0.4 is 10.3 Å². The Bertz CT molecular complexity index is 1040. The van der Waals surface area contributed by atoms with Gasteiger partial charge in [-0.1, -0.05) is 60.7 Å². The highest BCUT2D eigenvalue weighted by molar-refractivity contribution is 5.87. The second-order valence-electron chi connectivity index (χ2n) is 7.80. The number of rotatable bonds is 5. The Morgan fingerprint density at radius 1 is 1.00 bits per heavy atom.